The van der Waals surface area contributed by atoms with Crippen LogP contribution in [-0.4, -0.2) is 30.7 Å². The average Bonchev–Trinajstić information content (AvgIpc) is 2.46. The third-order valence-electron chi connectivity index (χ3n) is 5.07. The van der Waals surface area contributed by atoms with Gasteiger partial charge in [0.05, 0.1) is 4.99 Å². The molecule has 2 aliphatic rings. The van der Waals surface area contributed by atoms with E-state index in [1.54, 1.807) is 0 Å². The summed E-state index contributed by atoms with van der Waals surface area (Å²) in [6.45, 7) is 4.16. The van der Waals surface area contributed by atoms with Crippen molar-refractivity contribution < 1.29 is 9.53 Å². The van der Waals surface area contributed by atoms with Crippen molar-refractivity contribution in [3.63, 3.8) is 0 Å². The summed E-state index contributed by atoms with van der Waals surface area (Å²) in [4.78, 5) is 12.9. The van der Waals surface area contributed by atoms with Crippen LogP contribution in [0.3, 0.4) is 0 Å². The summed E-state index contributed by atoms with van der Waals surface area (Å²) in [5.74, 6) is 1.29. The zero-order valence-corrected chi connectivity index (χ0v) is 13.1. The van der Waals surface area contributed by atoms with Gasteiger partial charge in [-0.1, -0.05) is 38.4 Å². The highest BCUT2D eigenvalue weighted by Gasteiger charge is 2.43. The van der Waals surface area contributed by atoms with E-state index in [0.29, 0.717) is 42.9 Å². The van der Waals surface area contributed by atoms with E-state index in [0.717, 1.165) is 6.54 Å². The largest absolute Gasteiger partial charge is 0.392 e. The van der Waals surface area contributed by atoms with Gasteiger partial charge < -0.3 is 15.8 Å². The Bertz CT molecular complexity index is 367. The van der Waals surface area contributed by atoms with Crippen molar-refractivity contribution in [1.29, 1.82) is 0 Å². The summed E-state index contributed by atoms with van der Waals surface area (Å²) in [5.41, 5.74) is 5.17. The highest BCUT2D eigenvalue weighted by atomic mass is 32.1. The number of thiocarbonyl (C=S) groups is 1. The van der Waals surface area contributed by atoms with Gasteiger partial charge in [-0.15, -0.1) is 0 Å². The van der Waals surface area contributed by atoms with Crippen molar-refractivity contribution in [2.75, 3.05) is 19.8 Å². The van der Waals surface area contributed by atoms with Crippen LogP contribution >= 0.6 is 12.2 Å². The fourth-order valence-corrected chi connectivity index (χ4v) is 3.69. The van der Waals surface area contributed by atoms with Crippen LogP contribution in [0.4, 0.5) is 0 Å². The van der Waals surface area contributed by atoms with Crippen LogP contribution in [0.2, 0.25) is 0 Å². The number of hydrogen-bond donors (Lipinski definition) is 2. The quantitative estimate of drug-likeness (QED) is 0.779. The third-order valence-corrected chi connectivity index (χ3v) is 5.46. The minimum absolute atomic E-state index is 0.00562. The second-order valence-electron chi connectivity index (χ2n) is 6.29. The summed E-state index contributed by atoms with van der Waals surface area (Å²) < 4.78 is 5.34. The number of nitrogens with two attached hydrogens (primary N) is 1. The second-order valence-corrected chi connectivity index (χ2v) is 6.73. The van der Waals surface area contributed by atoms with Crippen LogP contribution in [0.15, 0.2) is 0 Å². The molecule has 0 aromatic heterocycles. The van der Waals surface area contributed by atoms with Crippen LogP contribution in [-0.2, 0) is 9.53 Å². The predicted octanol–water partition coefficient (Wildman–Crippen LogP) is 2.01. The van der Waals surface area contributed by atoms with Crippen molar-refractivity contribution in [2.24, 2.45) is 23.0 Å². The molecule has 20 heavy (non-hydrogen) atoms. The number of carbonyl (C=O) groups excluding carboxylic acids is 1. The predicted molar refractivity (Wildman–Crippen MR) is 83.4 cm³/mol. The zero-order valence-electron chi connectivity index (χ0n) is 12.3. The molecule has 1 aliphatic heterocycles. The monoisotopic (exact) mass is 298 g/mol. The molecule has 1 amide bonds. The van der Waals surface area contributed by atoms with E-state index in [2.05, 4.69) is 12.2 Å². The Hall–Kier alpha value is -0.680. The van der Waals surface area contributed by atoms with Gasteiger partial charge in [0.25, 0.3) is 0 Å². The molecule has 2 unspecified atom stereocenters. The van der Waals surface area contributed by atoms with Crippen molar-refractivity contribution >= 4 is 23.1 Å². The lowest BCUT2D eigenvalue weighted by Crippen LogP contribution is -2.52. The zero-order chi connectivity index (χ0) is 14.6. The molecule has 114 valence electrons. The number of rotatable bonds is 4. The van der Waals surface area contributed by atoms with Crippen LogP contribution in [0.5, 0.6) is 0 Å². The molecule has 1 aliphatic carbocycles. The normalized spacial score (nSPS) is 29.6. The fraction of sp³-hybridized carbons (Fsp3) is 0.867. The van der Waals surface area contributed by atoms with Crippen LogP contribution in [0.25, 0.3) is 0 Å². The van der Waals surface area contributed by atoms with Crippen molar-refractivity contribution in [3.8, 4) is 0 Å². The maximum atomic E-state index is 12.6. The molecule has 0 aromatic carbocycles. The Kier molecular flexibility index (Phi) is 5.38. The molecule has 2 rings (SSSR count). The van der Waals surface area contributed by atoms with E-state index < -0.39 is 5.41 Å². The Morgan fingerprint density at radius 2 is 2.00 bits per heavy atom. The minimum atomic E-state index is -0.689. The van der Waals surface area contributed by atoms with Gasteiger partial charge in [-0.05, 0) is 31.1 Å². The molecule has 1 saturated carbocycles. The molecule has 4 nitrogen and oxygen atoms in total. The van der Waals surface area contributed by atoms with E-state index >= 15 is 0 Å². The molecule has 3 N–H and O–H groups in total. The molecule has 0 spiro atoms. The number of hydrogen-bond acceptors (Lipinski definition) is 3. The first-order valence-corrected chi connectivity index (χ1v) is 8.13. The molecule has 0 bridgehead atoms. The summed E-state index contributed by atoms with van der Waals surface area (Å²) in [7, 11) is 0. The summed E-state index contributed by atoms with van der Waals surface area (Å²) in [6, 6.07) is 0. The van der Waals surface area contributed by atoms with Gasteiger partial charge in [0.2, 0.25) is 5.91 Å². The third kappa shape index (κ3) is 3.31. The van der Waals surface area contributed by atoms with Crippen LogP contribution < -0.4 is 11.1 Å². The van der Waals surface area contributed by atoms with Gasteiger partial charge in [0.15, 0.2) is 0 Å². The topological polar surface area (TPSA) is 64.4 Å². The molecule has 1 saturated heterocycles. The number of nitrogens with one attached hydrogen (secondary N) is 1. The lowest BCUT2D eigenvalue weighted by molar-refractivity contribution is -0.131. The van der Waals surface area contributed by atoms with E-state index in [-0.39, 0.29) is 5.91 Å². The van der Waals surface area contributed by atoms with Gasteiger partial charge in [-0.25, -0.2) is 0 Å². The SMILES string of the molecule is CC1CCCCC1CNC(=O)C1(C(N)=S)CCOCC1. The molecule has 0 radical (unpaired) electrons. The highest BCUT2D eigenvalue weighted by molar-refractivity contribution is 7.80. The average molecular weight is 298 g/mol. The standard InChI is InChI=1S/C15H26N2O2S/c1-11-4-2-3-5-12(11)10-17-14(18)15(13(16)20)6-8-19-9-7-15/h11-12H,2-10H2,1H3,(H2,16,20)(H,17,18). The first-order valence-electron chi connectivity index (χ1n) is 7.72. The van der Waals surface area contributed by atoms with E-state index in [4.69, 9.17) is 22.7 Å². The smallest absolute Gasteiger partial charge is 0.233 e. The maximum absolute atomic E-state index is 12.6. The number of amides is 1. The fourth-order valence-electron chi connectivity index (χ4n) is 3.39. The molecular weight excluding hydrogens is 272 g/mol. The van der Waals surface area contributed by atoms with Gasteiger partial charge in [0.1, 0.15) is 5.41 Å². The maximum Gasteiger partial charge on any atom is 0.233 e. The Morgan fingerprint density at radius 3 is 2.60 bits per heavy atom. The Morgan fingerprint density at radius 1 is 1.35 bits per heavy atom. The highest BCUT2D eigenvalue weighted by Crippen LogP contribution is 2.32. The van der Waals surface area contributed by atoms with Gasteiger partial charge in [-0.2, -0.15) is 0 Å². The molecule has 2 fully saturated rings. The van der Waals surface area contributed by atoms with E-state index in [1.807, 2.05) is 0 Å². The summed E-state index contributed by atoms with van der Waals surface area (Å²) in [6.07, 6.45) is 6.29. The van der Waals surface area contributed by atoms with Gasteiger partial charge in [-0.3, -0.25) is 4.79 Å². The van der Waals surface area contributed by atoms with Gasteiger partial charge >= 0.3 is 0 Å². The first-order chi connectivity index (χ1) is 9.56. The van der Waals surface area contributed by atoms with E-state index in [9.17, 15) is 4.79 Å². The summed E-state index contributed by atoms with van der Waals surface area (Å²) in [5, 5.41) is 3.11. The lowest BCUT2D eigenvalue weighted by Gasteiger charge is -2.36. The molecular formula is C15H26N2O2S. The van der Waals surface area contributed by atoms with Crippen molar-refractivity contribution in [1.82, 2.24) is 5.32 Å². The molecule has 0 aromatic rings. The number of ether oxygens (including phenoxy) is 1. The molecule has 5 heteroatoms. The lowest BCUT2D eigenvalue weighted by atomic mass is 9.78. The minimum Gasteiger partial charge on any atom is -0.392 e. The molecule has 1 heterocycles. The Balaban J connectivity index is 1.93. The van der Waals surface area contributed by atoms with E-state index in [1.165, 1.54) is 25.7 Å². The molecule has 2 atom stereocenters. The van der Waals surface area contributed by atoms with Crippen LogP contribution in [0.1, 0.15) is 45.4 Å². The van der Waals surface area contributed by atoms with Crippen molar-refractivity contribution in [3.05, 3.63) is 0 Å². The van der Waals surface area contributed by atoms with Crippen molar-refractivity contribution in [2.45, 2.75) is 45.4 Å². The van der Waals surface area contributed by atoms with Crippen LogP contribution in [0, 0.1) is 17.3 Å². The Labute approximate surface area is 126 Å². The summed E-state index contributed by atoms with van der Waals surface area (Å²) >= 11 is 5.16. The number of carbonyl (C=O) groups is 1. The van der Waals surface area contributed by atoms with Gasteiger partial charge in [0, 0.05) is 19.8 Å². The second kappa shape index (κ2) is 6.85. The first kappa shape index (κ1) is 15.7.